The average molecular weight is 893 g/mol. The van der Waals surface area contributed by atoms with E-state index in [0.29, 0.717) is 36.6 Å². The molecule has 296 valence electrons. The molecule has 2 aliphatic heterocycles. The van der Waals surface area contributed by atoms with Gasteiger partial charge in [0.15, 0.2) is 5.71 Å². The number of benzene rings is 2. The van der Waals surface area contributed by atoms with E-state index in [1.807, 2.05) is 68.5 Å². The fourth-order valence-corrected chi connectivity index (χ4v) is 8.83. The molecule has 0 spiro atoms. The van der Waals surface area contributed by atoms with Crippen LogP contribution in [0.25, 0.3) is 0 Å². The largest absolute Gasteiger partial charge is 0.344 e. The second-order valence-corrected chi connectivity index (χ2v) is 18.9. The quantitative estimate of drug-likeness (QED) is 0.0189. The molecule has 0 unspecified atom stereocenters. The lowest BCUT2D eigenvalue weighted by Crippen LogP contribution is -2.28. The van der Waals surface area contributed by atoms with Crippen molar-refractivity contribution < 1.29 is 59.8 Å². The predicted octanol–water partition coefficient (Wildman–Crippen LogP) is 8.33. The number of allylic oxidation sites excluding steroid dienone is 8. The van der Waals surface area contributed by atoms with Gasteiger partial charge in [-0.15, -0.1) is 8.67 Å². The third-order valence-electron chi connectivity index (χ3n) is 9.18. The van der Waals surface area contributed by atoms with Gasteiger partial charge in [-0.05, 0) is 87.2 Å². The lowest BCUT2D eigenvalue weighted by Gasteiger charge is -2.27. The van der Waals surface area contributed by atoms with Gasteiger partial charge in [-0.1, -0.05) is 52.0 Å². The Hall–Kier alpha value is -2.37. The summed E-state index contributed by atoms with van der Waals surface area (Å²) in [6.07, 6.45) is 13.9. The van der Waals surface area contributed by atoms with Crippen molar-refractivity contribution in [3.05, 3.63) is 94.2 Å². The molecular weight excluding hydrogens is 849 g/mol. The van der Waals surface area contributed by atoms with Crippen molar-refractivity contribution in [1.82, 2.24) is 0 Å². The molecule has 2 aromatic carbocycles. The van der Waals surface area contributed by atoms with Gasteiger partial charge in [-0.3, -0.25) is 9.11 Å². The van der Waals surface area contributed by atoms with E-state index in [2.05, 4.69) is 58.0 Å². The summed E-state index contributed by atoms with van der Waals surface area (Å²) in [4.78, 5) is 2.67. The van der Waals surface area contributed by atoms with Crippen LogP contribution in [0.2, 0.25) is 0 Å². The number of hydrogen-bond donors (Lipinski definition) is 4. The minimum Gasteiger partial charge on any atom is -0.344 e. The van der Waals surface area contributed by atoms with Crippen molar-refractivity contribution in [1.29, 1.82) is 0 Å². The predicted molar refractivity (Wildman–Crippen MR) is 212 cm³/mol. The Balaban J connectivity index is 1.60. The van der Waals surface area contributed by atoms with Crippen molar-refractivity contribution in [2.45, 2.75) is 74.0 Å². The van der Waals surface area contributed by atoms with Gasteiger partial charge in [0.25, 0.3) is 20.2 Å². The van der Waals surface area contributed by atoms with Gasteiger partial charge in [-0.25, -0.2) is 10.5 Å². The van der Waals surface area contributed by atoms with Gasteiger partial charge in [0.2, 0.25) is 5.69 Å². The zero-order valence-corrected chi connectivity index (χ0v) is 34.9. The first kappa shape index (κ1) is 44.3. The Morgan fingerprint density at radius 3 is 2.33 bits per heavy atom. The van der Waals surface area contributed by atoms with Gasteiger partial charge < -0.3 is 4.90 Å². The standard InChI is InChI=1S/C35H43BrN2O12S4/c1-34(2)28-23-26(52-50-48-40)15-17-30(28)38(20-6-8-22-53(41,42)43)32(34)13-9-11-25(36)12-10-14-33-35(3,4)29-24-27(54(44,45)46)16-18-31(29)37(33)19-5-7-21-51-49-47-39/h9-18,23-24H,5-8,19-22H2,1-4H3,(H3-,39,40,41,42,43,44,45,46)/p+1. The summed E-state index contributed by atoms with van der Waals surface area (Å²) in [5, 5.41) is 24.4. The molecule has 0 atom stereocenters. The third kappa shape index (κ3) is 11.4. The molecule has 2 aliphatic rings. The maximum absolute atomic E-state index is 12.0. The summed E-state index contributed by atoms with van der Waals surface area (Å²) in [5.74, 6) is 0.261. The van der Waals surface area contributed by atoms with Crippen LogP contribution in [0.3, 0.4) is 0 Å². The van der Waals surface area contributed by atoms with Gasteiger partial charge >= 0.3 is 0 Å². The summed E-state index contributed by atoms with van der Waals surface area (Å²) in [6.45, 7) is 9.28. The van der Waals surface area contributed by atoms with Crippen LogP contribution in [-0.2, 0) is 49.8 Å². The minimum absolute atomic E-state index is 0.172. The Kier molecular flexibility index (Phi) is 15.8. The number of rotatable bonds is 20. The molecule has 0 aliphatic carbocycles. The number of unbranched alkanes of at least 4 members (excludes halogenated alkanes) is 2. The van der Waals surface area contributed by atoms with Gasteiger partial charge in [0.1, 0.15) is 6.54 Å². The molecule has 2 aromatic rings. The molecular formula is C35H44BrN2O12S4+. The molecule has 54 heavy (non-hydrogen) atoms. The van der Waals surface area contributed by atoms with Crippen molar-refractivity contribution in [3.8, 4) is 0 Å². The Morgan fingerprint density at radius 1 is 0.907 bits per heavy atom. The lowest BCUT2D eigenvalue weighted by molar-refractivity contribution is -0.438. The fourth-order valence-electron chi connectivity index (χ4n) is 6.62. The second-order valence-electron chi connectivity index (χ2n) is 13.5. The van der Waals surface area contributed by atoms with E-state index in [1.54, 1.807) is 6.07 Å². The van der Waals surface area contributed by atoms with E-state index >= 15 is 0 Å². The zero-order valence-electron chi connectivity index (χ0n) is 30.0. The van der Waals surface area contributed by atoms with Gasteiger partial charge in [0, 0.05) is 74.6 Å². The van der Waals surface area contributed by atoms with E-state index in [1.165, 1.54) is 12.1 Å². The second kappa shape index (κ2) is 19.2. The van der Waals surface area contributed by atoms with Crippen LogP contribution in [0.1, 0.15) is 64.5 Å². The molecule has 0 bridgehead atoms. The van der Waals surface area contributed by atoms with Gasteiger partial charge in [0.05, 0.1) is 28.1 Å². The molecule has 0 radical (unpaired) electrons. The summed E-state index contributed by atoms with van der Waals surface area (Å²) in [7, 11) is -8.47. The highest BCUT2D eigenvalue weighted by Crippen LogP contribution is 2.49. The van der Waals surface area contributed by atoms with E-state index in [-0.39, 0.29) is 10.6 Å². The SMILES string of the molecule is CC1(C)C(/C=C/C=C(Br)/C=C/C=C2/N(CCCCSOOO)c3ccc(S(=O)(=O)O)cc3C2(C)C)=[N+](CCCCS(=O)(=O)O)c2ccc(SOOO)cc21. The van der Waals surface area contributed by atoms with Crippen LogP contribution in [0.4, 0.5) is 11.4 Å². The molecule has 4 N–H and O–H groups in total. The highest BCUT2D eigenvalue weighted by molar-refractivity contribution is 9.11. The fraction of sp³-hybridized carbons (Fsp3) is 0.400. The summed E-state index contributed by atoms with van der Waals surface area (Å²) < 4.78 is 77.5. The zero-order chi connectivity index (χ0) is 39.7. The lowest BCUT2D eigenvalue weighted by atomic mass is 9.81. The molecule has 19 heteroatoms. The van der Waals surface area contributed by atoms with Crippen molar-refractivity contribution >= 4 is 77.3 Å². The number of nitrogens with zero attached hydrogens (tertiary/aromatic N) is 2. The number of fused-ring (bicyclic) bond motifs is 2. The van der Waals surface area contributed by atoms with Crippen LogP contribution >= 0.6 is 40.0 Å². The van der Waals surface area contributed by atoms with E-state index < -0.39 is 31.1 Å². The van der Waals surface area contributed by atoms with Crippen LogP contribution in [0.5, 0.6) is 0 Å². The Bertz CT molecular complexity index is 2050. The van der Waals surface area contributed by atoms with Crippen LogP contribution in [0.15, 0.2) is 92.8 Å². The smallest absolute Gasteiger partial charge is 0.294 e. The van der Waals surface area contributed by atoms with Crippen molar-refractivity contribution in [2.24, 2.45) is 0 Å². The molecule has 2 heterocycles. The number of hydrogen-bond acceptors (Lipinski definition) is 13. The first-order chi connectivity index (χ1) is 25.4. The Morgan fingerprint density at radius 2 is 1.65 bits per heavy atom. The first-order valence-corrected chi connectivity index (χ1v) is 22.2. The monoisotopic (exact) mass is 891 g/mol. The molecule has 0 saturated heterocycles. The Labute approximate surface area is 333 Å². The van der Waals surface area contributed by atoms with Crippen LogP contribution < -0.4 is 4.90 Å². The van der Waals surface area contributed by atoms with E-state index in [0.717, 1.165) is 75.3 Å². The minimum atomic E-state index is -4.40. The third-order valence-corrected chi connectivity index (χ3v) is 12.5. The highest BCUT2D eigenvalue weighted by atomic mass is 79.9. The molecule has 0 saturated carbocycles. The number of halogens is 1. The maximum atomic E-state index is 12.0. The van der Waals surface area contributed by atoms with E-state index in [9.17, 15) is 25.9 Å². The van der Waals surface area contributed by atoms with Crippen molar-refractivity contribution in [2.75, 3.05) is 29.5 Å². The van der Waals surface area contributed by atoms with Gasteiger partial charge in [-0.2, -0.15) is 21.4 Å². The summed E-state index contributed by atoms with van der Waals surface area (Å²) >= 11 is 5.49. The molecule has 14 nitrogen and oxygen atoms in total. The molecule has 0 amide bonds. The topological polar surface area (TPSA) is 192 Å². The average Bonchev–Trinajstić information content (AvgIpc) is 3.44. The van der Waals surface area contributed by atoms with E-state index in [4.69, 9.17) is 10.5 Å². The molecule has 0 aromatic heterocycles. The molecule has 0 fully saturated rings. The summed E-state index contributed by atoms with van der Waals surface area (Å²) in [5.41, 5.74) is 4.37. The van der Waals surface area contributed by atoms with Crippen molar-refractivity contribution in [3.63, 3.8) is 0 Å². The normalized spacial score (nSPS) is 17.8. The number of anilines is 1. The maximum Gasteiger partial charge on any atom is 0.294 e. The molecule has 4 rings (SSSR count). The van der Waals surface area contributed by atoms with Crippen LogP contribution in [-0.4, -0.2) is 71.3 Å². The van der Waals surface area contributed by atoms with Crippen LogP contribution in [0, 0.1) is 0 Å². The first-order valence-electron chi connectivity index (χ1n) is 16.7. The summed E-state index contributed by atoms with van der Waals surface area (Å²) in [6, 6.07) is 10.3. The highest BCUT2D eigenvalue weighted by Gasteiger charge is 2.44.